The lowest BCUT2D eigenvalue weighted by atomic mass is 9.99. The first-order valence-electron chi connectivity index (χ1n) is 7.89. The molecule has 1 aliphatic rings. The zero-order valence-corrected chi connectivity index (χ0v) is 16.3. The van der Waals surface area contributed by atoms with Gasteiger partial charge in [0.1, 0.15) is 11.6 Å². The van der Waals surface area contributed by atoms with Gasteiger partial charge in [-0.25, -0.2) is 4.39 Å². The van der Waals surface area contributed by atoms with Crippen LogP contribution in [0.1, 0.15) is 18.1 Å². The number of carbonyl (C=O) groups excluding carboxylic acids is 1. The number of ether oxygens (including phenoxy) is 1. The van der Waals surface area contributed by atoms with Crippen LogP contribution in [-0.2, 0) is 17.8 Å². The Kier molecular flexibility index (Phi) is 7.12. The van der Waals surface area contributed by atoms with Gasteiger partial charge in [0, 0.05) is 12.6 Å². The van der Waals surface area contributed by atoms with Gasteiger partial charge in [-0.05, 0) is 49.2 Å². The van der Waals surface area contributed by atoms with Gasteiger partial charge < -0.3 is 15.4 Å². The van der Waals surface area contributed by atoms with E-state index in [4.69, 9.17) is 27.9 Å². The third-order valence-corrected chi connectivity index (χ3v) is 4.78. The highest BCUT2D eigenvalue weighted by Crippen LogP contribution is 2.27. The first-order chi connectivity index (χ1) is 12.0. The van der Waals surface area contributed by atoms with E-state index in [1.165, 1.54) is 6.07 Å². The third kappa shape index (κ3) is 4.60. The normalized spacial score (nSPS) is 14.0. The fourth-order valence-electron chi connectivity index (χ4n) is 2.67. The van der Waals surface area contributed by atoms with E-state index in [0.29, 0.717) is 34.3 Å². The molecule has 0 spiro atoms. The van der Waals surface area contributed by atoms with Crippen molar-refractivity contribution >= 4 is 47.2 Å². The molecule has 0 aromatic heterocycles. The number of fused-ring (bicyclic) bond motifs is 1. The number of rotatable bonds is 4. The molecular formula is C18H18Cl3FN2O2. The van der Waals surface area contributed by atoms with Crippen LogP contribution in [0, 0.1) is 5.82 Å². The Morgan fingerprint density at radius 1 is 1.27 bits per heavy atom. The molecule has 0 radical (unpaired) electrons. The number of hydrogen-bond donors (Lipinski definition) is 2. The number of benzene rings is 2. The molecule has 0 saturated heterocycles. The van der Waals surface area contributed by atoms with Gasteiger partial charge in [0.15, 0.2) is 6.10 Å². The van der Waals surface area contributed by atoms with Crippen LogP contribution < -0.4 is 15.4 Å². The average Bonchev–Trinajstić information content (AvgIpc) is 2.60. The number of hydrogen-bond acceptors (Lipinski definition) is 3. The van der Waals surface area contributed by atoms with Crippen molar-refractivity contribution in [3.8, 4) is 5.75 Å². The SMILES string of the molecule is CC(Oc1ccc(Cl)c(Cl)c1)C(=O)Nc1ccc2c(c1F)CCNC2.Cl. The molecule has 0 fully saturated rings. The lowest BCUT2D eigenvalue weighted by molar-refractivity contribution is -0.122. The first kappa shape index (κ1) is 20.8. The van der Waals surface area contributed by atoms with E-state index in [9.17, 15) is 9.18 Å². The van der Waals surface area contributed by atoms with Crippen molar-refractivity contribution in [3.63, 3.8) is 0 Å². The molecule has 1 heterocycles. The van der Waals surface area contributed by atoms with Crippen LogP contribution in [0.3, 0.4) is 0 Å². The Bertz CT molecular complexity index is 817. The monoisotopic (exact) mass is 418 g/mol. The molecule has 0 bridgehead atoms. The molecular weight excluding hydrogens is 402 g/mol. The van der Waals surface area contributed by atoms with Crippen molar-refractivity contribution in [2.24, 2.45) is 0 Å². The van der Waals surface area contributed by atoms with Crippen LogP contribution in [0.2, 0.25) is 10.0 Å². The Labute approximate surface area is 167 Å². The number of carbonyl (C=O) groups is 1. The second-order valence-corrected chi connectivity index (χ2v) is 6.63. The van der Waals surface area contributed by atoms with E-state index in [-0.39, 0.29) is 23.9 Å². The predicted octanol–water partition coefficient (Wildman–Crippen LogP) is 4.61. The molecule has 2 aromatic carbocycles. The molecule has 1 unspecified atom stereocenters. The van der Waals surface area contributed by atoms with Crippen molar-refractivity contribution < 1.29 is 13.9 Å². The topological polar surface area (TPSA) is 50.4 Å². The van der Waals surface area contributed by atoms with Gasteiger partial charge in [-0.2, -0.15) is 0 Å². The Balaban J connectivity index is 0.00000243. The van der Waals surface area contributed by atoms with Gasteiger partial charge in [0.05, 0.1) is 15.7 Å². The molecule has 3 rings (SSSR count). The highest BCUT2D eigenvalue weighted by atomic mass is 35.5. The van der Waals surface area contributed by atoms with Crippen molar-refractivity contribution in [3.05, 3.63) is 57.3 Å². The largest absolute Gasteiger partial charge is 0.481 e. The van der Waals surface area contributed by atoms with E-state index in [0.717, 1.165) is 12.1 Å². The van der Waals surface area contributed by atoms with Gasteiger partial charge in [-0.15, -0.1) is 12.4 Å². The summed E-state index contributed by atoms with van der Waals surface area (Å²) in [5, 5.41) is 6.51. The van der Waals surface area contributed by atoms with Gasteiger partial charge in [0.2, 0.25) is 0 Å². The van der Waals surface area contributed by atoms with Gasteiger partial charge in [0.25, 0.3) is 5.91 Å². The summed E-state index contributed by atoms with van der Waals surface area (Å²) in [5.74, 6) is -0.415. The van der Waals surface area contributed by atoms with E-state index in [2.05, 4.69) is 10.6 Å². The van der Waals surface area contributed by atoms with Gasteiger partial charge in [-0.3, -0.25) is 4.79 Å². The van der Waals surface area contributed by atoms with Crippen LogP contribution in [-0.4, -0.2) is 18.6 Å². The summed E-state index contributed by atoms with van der Waals surface area (Å²) in [6, 6.07) is 8.13. The minimum Gasteiger partial charge on any atom is -0.481 e. The molecule has 26 heavy (non-hydrogen) atoms. The van der Waals surface area contributed by atoms with E-state index >= 15 is 0 Å². The second-order valence-electron chi connectivity index (χ2n) is 5.82. The Morgan fingerprint density at radius 2 is 2.04 bits per heavy atom. The zero-order valence-electron chi connectivity index (χ0n) is 13.9. The maximum absolute atomic E-state index is 14.6. The minimum absolute atomic E-state index is 0. The summed E-state index contributed by atoms with van der Waals surface area (Å²) in [4.78, 5) is 12.3. The smallest absolute Gasteiger partial charge is 0.265 e. The lowest BCUT2D eigenvalue weighted by Gasteiger charge is -2.20. The Hall–Kier alpha value is -1.53. The summed E-state index contributed by atoms with van der Waals surface area (Å²) in [7, 11) is 0. The van der Waals surface area contributed by atoms with Crippen molar-refractivity contribution in [1.29, 1.82) is 0 Å². The van der Waals surface area contributed by atoms with E-state index in [1.807, 2.05) is 6.07 Å². The molecule has 0 aliphatic carbocycles. The number of halogens is 4. The zero-order chi connectivity index (χ0) is 18.0. The van der Waals surface area contributed by atoms with E-state index < -0.39 is 12.0 Å². The first-order valence-corrected chi connectivity index (χ1v) is 8.65. The van der Waals surface area contributed by atoms with Crippen LogP contribution in [0.25, 0.3) is 0 Å². The van der Waals surface area contributed by atoms with Crippen LogP contribution in [0.4, 0.5) is 10.1 Å². The summed E-state index contributed by atoms with van der Waals surface area (Å²) >= 11 is 11.8. The maximum atomic E-state index is 14.6. The molecule has 140 valence electrons. The molecule has 1 aliphatic heterocycles. The van der Waals surface area contributed by atoms with Crippen molar-refractivity contribution in [2.45, 2.75) is 26.0 Å². The highest BCUT2D eigenvalue weighted by Gasteiger charge is 2.20. The quantitative estimate of drug-likeness (QED) is 0.761. The standard InChI is InChI=1S/C18H17Cl2FN2O2.ClH/c1-10(25-12-3-4-14(19)15(20)8-12)18(24)23-16-5-2-11-9-22-7-6-13(11)17(16)21;/h2-5,8,10,22H,6-7,9H2,1H3,(H,23,24);1H. The molecule has 1 amide bonds. The molecule has 4 nitrogen and oxygen atoms in total. The summed E-state index contributed by atoms with van der Waals surface area (Å²) in [6.07, 6.45) is -0.227. The van der Waals surface area contributed by atoms with Crippen LogP contribution in [0.15, 0.2) is 30.3 Å². The molecule has 2 N–H and O–H groups in total. The fraction of sp³-hybridized carbons (Fsp3) is 0.278. The van der Waals surface area contributed by atoms with Gasteiger partial charge in [-0.1, -0.05) is 29.3 Å². The number of nitrogens with one attached hydrogen (secondary N) is 2. The average molecular weight is 420 g/mol. The molecule has 8 heteroatoms. The summed E-state index contributed by atoms with van der Waals surface area (Å²) in [6.45, 7) is 2.94. The van der Waals surface area contributed by atoms with Gasteiger partial charge >= 0.3 is 0 Å². The molecule has 0 saturated carbocycles. The summed E-state index contributed by atoms with van der Waals surface area (Å²) in [5.41, 5.74) is 1.73. The molecule has 1 atom stereocenters. The number of anilines is 1. The van der Waals surface area contributed by atoms with E-state index in [1.54, 1.807) is 25.1 Å². The third-order valence-electron chi connectivity index (χ3n) is 4.04. The highest BCUT2D eigenvalue weighted by molar-refractivity contribution is 6.42. The minimum atomic E-state index is -0.825. The predicted molar refractivity (Wildman–Crippen MR) is 104 cm³/mol. The fourth-order valence-corrected chi connectivity index (χ4v) is 2.96. The summed E-state index contributed by atoms with van der Waals surface area (Å²) < 4.78 is 20.1. The second kappa shape index (κ2) is 8.91. The maximum Gasteiger partial charge on any atom is 0.265 e. The Morgan fingerprint density at radius 3 is 2.77 bits per heavy atom. The molecule has 2 aromatic rings. The number of amides is 1. The van der Waals surface area contributed by atoms with Crippen LogP contribution in [0.5, 0.6) is 5.75 Å². The van der Waals surface area contributed by atoms with Crippen molar-refractivity contribution in [1.82, 2.24) is 5.32 Å². The lowest BCUT2D eigenvalue weighted by Crippen LogP contribution is -2.31. The van der Waals surface area contributed by atoms with Crippen molar-refractivity contribution in [2.75, 3.05) is 11.9 Å². The van der Waals surface area contributed by atoms with Crippen LogP contribution >= 0.6 is 35.6 Å².